The number of amides is 1. The fourth-order valence-corrected chi connectivity index (χ4v) is 2.20. The van der Waals surface area contributed by atoms with Gasteiger partial charge in [0.05, 0.1) is 14.2 Å². The number of aromatic nitrogens is 1. The van der Waals surface area contributed by atoms with E-state index in [4.69, 9.17) is 13.9 Å². The lowest BCUT2D eigenvalue weighted by Gasteiger charge is -2.12. The third kappa shape index (κ3) is 2.46. The summed E-state index contributed by atoms with van der Waals surface area (Å²) in [6.45, 7) is 0. The molecular weight excluding hydrogens is 284 g/mol. The van der Waals surface area contributed by atoms with Crippen LogP contribution < -0.4 is 14.8 Å². The third-order valence-corrected chi connectivity index (χ3v) is 3.24. The molecule has 0 bridgehead atoms. The van der Waals surface area contributed by atoms with Crippen LogP contribution in [0.25, 0.3) is 11.1 Å². The van der Waals surface area contributed by atoms with E-state index in [1.165, 1.54) is 20.6 Å². The fourth-order valence-electron chi connectivity index (χ4n) is 2.20. The van der Waals surface area contributed by atoms with Crippen LogP contribution in [0, 0.1) is 0 Å². The number of hydrogen-bond donors (Lipinski definition) is 1. The lowest BCUT2D eigenvalue weighted by atomic mass is 10.1. The van der Waals surface area contributed by atoms with Gasteiger partial charge in [0.2, 0.25) is 0 Å². The molecule has 0 aliphatic rings. The number of carbonyl (C=O) groups is 1. The first kappa shape index (κ1) is 13.9. The summed E-state index contributed by atoms with van der Waals surface area (Å²) in [6, 6.07) is 10.4. The molecule has 1 aromatic heterocycles. The average Bonchev–Trinajstić information content (AvgIpc) is 3.01. The number of nitrogens with zero attached hydrogens (tertiary/aromatic N) is 1. The highest BCUT2D eigenvalue weighted by molar-refractivity contribution is 6.08. The predicted molar refractivity (Wildman–Crippen MR) is 81.5 cm³/mol. The van der Waals surface area contributed by atoms with Gasteiger partial charge in [-0.1, -0.05) is 6.07 Å². The lowest BCUT2D eigenvalue weighted by Crippen LogP contribution is -2.14. The van der Waals surface area contributed by atoms with Crippen LogP contribution in [0.4, 0.5) is 5.69 Å². The second kappa shape index (κ2) is 5.77. The zero-order valence-electron chi connectivity index (χ0n) is 12.1. The van der Waals surface area contributed by atoms with Gasteiger partial charge in [-0.05, 0) is 30.3 Å². The van der Waals surface area contributed by atoms with Gasteiger partial charge in [0.1, 0.15) is 22.6 Å². The Labute approximate surface area is 126 Å². The first-order chi connectivity index (χ1) is 10.7. The van der Waals surface area contributed by atoms with Gasteiger partial charge >= 0.3 is 0 Å². The minimum atomic E-state index is -0.322. The highest BCUT2D eigenvalue weighted by atomic mass is 16.5. The Balaban J connectivity index is 1.94. The van der Waals surface area contributed by atoms with Gasteiger partial charge in [0.25, 0.3) is 5.91 Å². The minimum Gasteiger partial charge on any atom is -0.496 e. The van der Waals surface area contributed by atoms with Gasteiger partial charge < -0.3 is 19.2 Å². The molecule has 1 amide bonds. The summed E-state index contributed by atoms with van der Waals surface area (Å²) in [5.74, 6) is 0.566. The Hall–Kier alpha value is -3.02. The number of carbonyl (C=O) groups excluding carboxylic acids is 1. The maximum Gasteiger partial charge on any atom is 0.263 e. The van der Waals surface area contributed by atoms with Gasteiger partial charge in [0, 0.05) is 5.69 Å². The Morgan fingerprint density at radius 1 is 1.14 bits per heavy atom. The Morgan fingerprint density at radius 3 is 2.55 bits per heavy atom. The molecule has 0 fully saturated rings. The van der Waals surface area contributed by atoms with E-state index in [0.29, 0.717) is 33.8 Å². The molecular formula is C16H14N2O4. The number of ether oxygens (including phenoxy) is 2. The summed E-state index contributed by atoms with van der Waals surface area (Å²) < 4.78 is 15.6. The molecule has 0 aliphatic carbocycles. The summed E-state index contributed by atoms with van der Waals surface area (Å²) in [5, 5.41) is 2.81. The molecule has 1 N–H and O–H groups in total. The van der Waals surface area contributed by atoms with Crippen molar-refractivity contribution in [1.82, 2.24) is 4.98 Å². The molecule has 3 aromatic rings. The van der Waals surface area contributed by atoms with Crippen LogP contribution in [0.1, 0.15) is 10.4 Å². The van der Waals surface area contributed by atoms with Crippen LogP contribution in [0.5, 0.6) is 11.5 Å². The zero-order valence-corrected chi connectivity index (χ0v) is 12.1. The van der Waals surface area contributed by atoms with E-state index in [9.17, 15) is 4.79 Å². The third-order valence-electron chi connectivity index (χ3n) is 3.24. The minimum absolute atomic E-state index is 0.322. The smallest absolute Gasteiger partial charge is 0.263 e. The van der Waals surface area contributed by atoms with Gasteiger partial charge in [-0.15, -0.1) is 0 Å². The van der Waals surface area contributed by atoms with Crippen molar-refractivity contribution in [3.63, 3.8) is 0 Å². The number of nitrogens with one attached hydrogen (secondary N) is 1. The normalized spacial score (nSPS) is 10.5. The number of fused-ring (bicyclic) bond motifs is 1. The van der Waals surface area contributed by atoms with Crippen LogP contribution in [0.3, 0.4) is 0 Å². The number of rotatable bonds is 4. The van der Waals surface area contributed by atoms with Crippen LogP contribution in [-0.4, -0.2) is 25.1 Å². The van der Waals surface area contributed by atoms with Gasteiger partial charge in [-0.25, -0.2) is 4.98 Å². The highest BCUT2D eigenvalue weighted by Crippen LogP contribution is 2.29. The zero-order chi connectivity index (χ0) is 15.5. The van der Waals surface area contributed by atoms with Crippen molar-refractivity contribution in [2.45, 2.75) is 0 Å². The van der Waals surface area contributed by atoms with Crippen LogP contribution in [-0.2, 0) is 0 Å². The summed E-state index contributed by atoms with van der Waals surface area (Å²) in [6.07, 6.45) is 1.36. The maximum absolute atomic E-state index is 12.5. The van der Waals surface area contributed by atoms with Crippen molar-refractivity contribution in [2.75, 3.05) is 19.5 Å². The molecule has 0 saturated carbocycles. The molecule has 0 radical (unpaired) electrons. The number of hydrogen-bond acceptors (Lipinski definition) is 5. The molecule has 2 aromatic carbocycles. The highest BCUT2D eigenvalue weighted by Gasteiger charge is 2.18. The van der Waals surface area contributed by atoms with E-state index in [1.54, 1.807) is 36.4 Å². The average molecular weight is 298 g/mol. The first-order valence-corrected chi connectivity index (χ1v) is 6.58. The standard InChI is InChI=1S/C16H14N2O4/c1-20-13-4-3-5-14(21-2)15(13)16(19)18-10-6-7-12-11(8-10)17-9-22-12/h3-9H,1-2H3,(H,18,19). The Bertz CT molecular complexity index is 804. The molecule has 6 nitrogen and oxygen atoms in total. The number of oxazole rings is 1. The van der Waals surface area contributed by atoms with Crippen molar-refractivity contribution in [3.05, 3.63) is 48.4 Å². The summed E-state index contributed by atoms with van der Waals surface area (Å²) in [4.78, 5) is 16.6. The molecule has 1 heterocycles. The number of methoxy groups -OCH3 is 2. The number of anilines is 1. The van der Waals surface area contributed by atoms with E-state index in [-0.39, 0.29) is 5.91 Å². The van der Waals surface area contributed by atoms with Gasteiger partial charge in [-0.3, -0.25) is 4.79 Å². The maximum atomic E-state index is 12.5. The van der Waals surface area contributed by atoms with E-state index >= 15 is 0 Å². The van der Waals surface area contributed by atoms with E-state index in [0.717, 1.165) is 0 Å². The quantitative estimate of drug-likeness (QED) is 0.801. The van der Waals surface area contributed by atoms with Gasteiger partial charge in [-0.2, -0.15) is 0 Å². The molecule has 0 aliphatic heterocycles. The Morgan fingerprint density at radius 2 is 1.86 bits per heavy atom. The molecule has 3 rings (SSSR count). The monoisotopic (exact) mass is 298 g/mol. The van der Waals surface area contributed by atoms with Crippen molar-refractivity contribution in [1.29, 1.82) is 0 Å². The second-order valence-electron chi connectivity index (χ2n) is 4.53. The van der Waals surface area contributed by atoms with Crippen molar-refractivity contribution < 1.29 is 18.7 Å². The molecule has 22 heavy (non-hydrogen) atoms. The summed E-state index contributed by atoms with van der Waals surface area (Å²) in [7, 11) is 3.01. The second-order valence-corrected chi connectivity index (χ2v) is 4.53. The number of benzene rings is 2. The van der Waals surface area contributed by atoms with E-state index in [1.807, 2.05) is 0 Å². The molecule has 0 spiro atoms. The predicted octanol–water partition coefficient (Wildman–Crippen LogP) is 3.10. The largest absolute Gasteiger partial charge is 0.496 e. The Kier molecular flexibility index (Phi) is 3.65. The van der Waals surface area contributed by atoms with Crippen LogP contribution in [0.15, 0.2) is 47.2 Å². The summed E-state index contributed by atoms with van der Waals surface area (Å²) in [5.41, 5.74) is 2.28. The first-order valence-electron chi connectivity index (χ1n) is 6.58. The van der Waals surface area contributed by atoms with Crippen molar-refractivity contribution >= 4 is 22.7 Å². The van der Waals surface area contributed by atoms with Gasteiger partial charge in [0.15, 0.2) is 12.0 Å². The lowest BCUT2D eigenvalue weighted by molar-refractivity contribution is 0.102. The van der Waals surface area contributed by atoms with E-state index in [2.05, 4.69) is 10.3 Å². The molecule has 112 valence electrons. The molecule has 0 saturated heterocycles. The van der Waals surface area contributed by atoms with Crippen molar-refractivity contribution in [3.8, 4) is 11.5 Å². The topological polar surface area (TPSA) is 73.6 Å². The fraction of sp³-hybridized carbons (Fsp3) is 0.125. The van der Waals surface area contributed by atoms with Crippen LogP contribution in [0.2, 0.25) is 0 Å². The molecule has 0 atom stereocenters. The molecule has 6 heteroatoms. The van der Waals surface area contributed by atoms with Crippen LogP contribution >= 0.6 is 0 Å². The molecule has 0 unspecified atom stereocenters. The van der Waals surface area contributed by atoms with Crippen molar-refractivity contribution in [2.24, 2.45) is 0 Å². The SMILES string of the molecule is COc1cccc(OC)c1C(=O)Nc1ccc2ocnc2c1. The van der Waals surface area contributed by atoms with E-state index < -0.39 is 0 Å². The summed E-state index contributed by atoms with van der Waals surface area (Å²) >= 11 is 0.